The van der Waals surface area contributed by atoms with E-state index in [-0.39, 0.29) is 24.0 Å². The second-order valence-electron chi connectivity index (χ2n) is 5.77. The standard InChI is InChI=1S/C16H34N4S.HI/c1-4-17-16(19-11-8-14-21-3)18-10-7-13-20-12-6-5-9-15(20)2;/h15H,4-14H2,1-3H3,(H2,17,18,19);1H. The Morgan fingerprint density at radius 2 is 2.09 bits per heavy atom. The Kier molecular flexibility index (Phi) is 15.1. The fraction of sp³-hybridized carbons (Fsp3) is 0.938. The highest BCUT2D eigenvalue weighted by Gasteiger charge is 2.16. The van der Waals surface area contributed by atoms with Gasteiger partial charge in [-0.3, -0.25) is 4.99 Å². The van der Waals surface area contributed by atoms with Crippen LogP contribution in [0, 0.1) is 0 Å². The summed E-state index contributed by atoms with van der Waals surface area (Å²) >= 11 is 1.89. The van der Waals surface area contributed by atoms with Gasteiger partial charge in [-0.15, -0.1) is 24.0 Å². The van der Waals surface area contributed by atoms with Gasteiger partial charge in [-0.05, 0) is 58.1 Å². The van der Waals surface area contributed by atoms with Crippen LogP contribution in [0.5, 0.6) is 0 Å². The van der Waals surface area contributed by atoms with E-state index in [1.165, 1.54) is 44.5 Å². The van der Waals surface area contributed by atoms with E-state index in [4.69, 9.17) is 0 Å². The molecule has 0 aromatic heterocycles. The summed E-state index contributed by atoms with van der Waals surface area (Å²) in [4.78, 5) is 7.25. The summed E-state index contributed by atoms with van der Waals surface area (Å²) in [5.41, 5.74) is 0. The van der Waals surface area contributed by atoms with Crippen LogP contribution in [-0.4, -0.2) is 61.6 Å². The average Bonchev–Trinajstić information content (AvgIpc) is 2.49. The fourth-order valence-corrected chi connectivity index (χ4v) is 3.14. The van der Waals surface area contributed by atoms with Gasteiger partial charge in [0.1, 0.15) is 0 Å². The van der Waals surface area contributed by atoms with Crippen LogP contribution in [0.1, 0.15) is 46.0 Å². The lowest BCUT2D eigenvalue weighted by molar-refractivity contribution is 0.159. The Morgan fingerprint density at radius 3 is 2.77 bits per heavy atom. The average molecular weight is 442 g/mol. The van der Waals surface area contributed by atoms with Gasteiger partial charge >= 0.3 is 0 Å². The van der Waals surface area contributed by atoms with Gasteiger partial charge in [0.2, 0.25) is 0 Å². The van der Waals surface area contributed by atoms with E-state index in [9.17, 15) is 0 Å². The van der Waals surface area contributed by atoms with Gasteiger partial charge in [-0.1, -0.05) is 6.42 Å². The van der Waals surface area contributed by atoms with E-state index in [1.54, 1.807) is 0 Å². The topological polar surface area (TPSA) is 39.7 Å². The van der Waals surface area contributed by atoms with Gasteiger partial charge in [0.05, 0.1) is 0 Å². The van der Waals surface area contributed by atoms with Crippen LogP contribution < -0.4 is 10.6 Å². The Bertz CT molecular complexity index is 289. The lowest BCUT2D eigenvalue weighted by atomic mass is 10.0. The third-order valence-electron chi connectivity index (χ3n) is 3.98. The summed E-state index contributed by atoms with van der Waals surface area (Å²) in [7, 11) is 0. The molecule has 1 aliphatic rings. The summed E-state index contributed by atoms with van der Waals surface area (Å²) in [6.45, 7) is 9.83. The number of likely N-dealkylation sites (tertiary alicyclic amines) is 1. The zero-order valence-corrected chi connectivity index (χ0v) is 17.7. The van der Waals surface area contributed by atoms with Crippen LogP contribution in [0.2, 0.25) is 0 Å². The molecule has 0 aliphatic carbocycles. The zero-order chi connectivity index (χ0) is 15.3. The van der Waals surface area contributed by atoms with E-state index in [0.717, 1.165) is 38.1 Å². The normalized spacial score (nSPS) is 19.6. The van der Waals surface area contributed by atoms with Crippen molar-refractivity contribution in [3.05, 3.63) is 0 Å². The summed E-state index contributed by atoms with van der Waals surface area (Å²) in [5, 5.41) is 6.78. The number of thioether (sulfide) groups is 1. The van der Waals surface area contributed by atoms with Crippen molar-refractivity contribution in [1.82, 2.24) is 15.5 Å². The van der Waals surface area contributed by atoms with Crippen LogP contribution in [0.4, 0.5) is 0 Å². The zero-order valence-electron chi connectivity index (χ0n) is 14.6. The number of hydrogen-bond donors (Lipinski definition) is 2. The van der Waals surface area contributed by atoms with Gasteiger partial charge in [0, 0.05) is 32.2 Å². The van der Waals surface area contributed by atoms with E-state index >= 15 is 0 Å². The van der Waals surface area contributed by atoms with Crippen LogP contribution in [-0.2, 0) is 0 Å². The molecule has 22 heavy (non-hydrogen) atoms. The number of rotatable bonds is 9. The van der Waals surface area contributed by atoms with Crippen LogP contribution in [0.25, 0.3) is 0 Å². The molecule has 1 aliphatic heterocycles. The van der Waals surface area contributed by atoms with Gasteiger partial charge in [-0.25, -0.2) is 0 Å². The second-order valence-corrected chi connectivity index (χ2v) is 6.75. The van der Waals surface area contributed by atoms with E-state index in [2.05, 4.69) is 40.6 Å². The van der Waals surface area contributed by atoms with Crippen molar-refractivity contribution in [1.29, 1.82) is 0 Å². The third kappa shape index (κ3) is 10.2. The van der Waals surface area contributed by atoms with Crippen molar-refractivity contribution in [2.24, 2.45) is 4.99 Å². The number of guanidine groups is 1. The minimum Gasteiger partial charge on any atom is -0.357 e. The number of nitrogens with one attached hydrogen (secondary N) is 2. The molecule has 1 unspecified atom stereocenters. The first-order chi connectivity index (χ1) is 10.3. The molecule has 0 spiro atoms. The molecule has 0 aromatic rings. The molecule has 1 rings (SSSR count). The molecule has 132 valence electrons. The summed E-state index contributed by atoms with van der Waals surface area (Å²) in [5.74, 6) is 2.17. The highest BCUT2D eigenvalue weighted by atomic mass is 127. The molecule has 0 aromatic carbocycles. The predicted molar refractivity (Wildman–Crippen MR) is 112 cm³/mol. The number of piperidine rings is 1. The highest BCUT2D eigenvalue weighted by molar-refractivity contribution is 14.0. The molecular weight excluding hydrogens is 407 g/mol. The van der Waals surface area contributed by atoms with Crippen molar-refractivity contribution in [3.63, 3.8) is 0 Å². The maximum Gasteiger partial charge on any atom is 0.191 e. The number of hydrogen-bond acceptors (Lipinski definition) is 3. The van der Waals surface area contributed by atoms with Gasteiger partial charge < -0.3 is 15.5 Å². The summed E-state index contributed by atoms with van der Waals surface area (Å²) in [6.07, 6.45) is 8.64. The lowest BCUT2D eigenvalue weighted by Gasteiger charge is -2.33. The molecule has 4 nitrogen and oxygen atoms in total. The van der Waals surface area contributed by atoms with Crippen molar-refractivity contribution in [2.45, 2.75) is 52.0 Å². The Labute approximate surface area is 158 Å². The lowest BCUT2D eigenvalue weighted by Crippen LogP contribution is -2.41. The van der Waals surface area contributed by atoms with Gasteiger partial charge in [-0.2, -0.15) is 11.8 Å². The maximum absolute atomic E-state index is 4.62. The first kappa shape index (κ1) is 22.3. The monoisotopic (exact) mass is 442 g/mol. The number of halogens is 1. The Hall–Kier alpha value is 0.310. The van der Waals surface area contributed by atoms with E-state index < -0.39 is 0 Å². The largest absolute Gasteiger partial charge is 0.357 e. The SMILES string of the molecule is CCNC(=NCCCSC)NCCCN1CCCCC1C.I. The first-order valence-electron chi connectivity index (χ1n) is 8.53. The molecule has 6 heteroatoms. The molecule has 0 bridgehead atoms. The van der Waals surface area contributed by atoms with Crippen molar-refractivity contribution in [3.8, 4) is 0 Å². The predicted octanol–water partition coefficient (Wildman–Crippen LogP) is 3.18. The minimum absolute atomic E-state index is 0. The van der Waals surface area contributed by atoms with E-state index in [0.29, 0.717) is 0 Å². The number of aliphatic imine (C=N–C) groups is 1. The molecule has 2 N–H and O–H groups in total. The first-order valence-corrected chi connectivity index (χ1v) is 9.92. The highest BCUT2D eigenvalue weighted by Crippen LogP contribution is 2.15. The molecule has 1 fully saturated rings. The number of nitrogens with zero attached hydrogens (tertiary/aromatic N) is 2. The molecular formula is C16H35IN4S. The van der Waals surface area contributed by atoms with Gasteiger partial charge in [0.15, 0.2) is 5.96 Å². The molecule has 1 atom stereocenters. The maximum atomic E-state index is 4.62. The van der Waals surface area contributed by atoms with Gasteiger partial charge in [0.25, 0.3) is 0 Å². The third-order valence-corrected chi connectivity index (χ3v) is 4.67. The summed E-state index contributed by atoms with van der Waals surface area (Å²) < 4.78 is 0. The van der Waals surface area contributed by atoms with Crippen LogP contribution >= 0.6 is 35.7 Å². The fourth-order valence-electron chi connectivity index (χ4n) is 2.72. The van der Waals surface area contributed by atoms with Crippen LogP contribution in [0.3, 0.4) is 0 Å². The molecule has 0 saturated carbocycles. The Balaban J connectivity index is 0.00000441. The quantitative estimate of drug-likeness (QED) is 0.249. The van der Waals surface area contributed by atoms with Crippen molar-refractivity contribution >= 4 is 41.7 Å². The van der Waals surface area contributed by atoms with Crippen LogP contribution in [0.15, 0.2) is 4.99 Å². The molecule has 1 heterocycles. The van der Waals surface area contributed by atoms with Crippen molar-refractivity contribution in [2.75, 3.05) is 44.7 Å². The van der Waals surface area contributed by atoms with Crippen molar-refractivity contribution < 1.29 is 0 Å². The molecule has 0 radical (unpaired) electrons. The smallest absolute Gasteiger partial charge is 0.191 e. The molecule has 1 saturated heterocycles. The Morgan fingerprint density at radius 1 is 1.27 bits per heavy atom. The minimum atomic E-state index is 0. The second kappa shape index (κ2) is 14.9. The van der Waals surface area contributed by atoms with E-state index in [1.807, 2.05) is 11.8 Å². The molecule has 0 amide bonds. The summed E-state index contributed by atoms with van der Waals surface area (Å²) in [6, 6.07) is 0.771.